The van der Waals surface area contributed by atoms with Crippen molar-refractivity contribution in [2.24, 2.45) is 5.41 Å². The summed E-state index contributed by atoms with van der Waals surface area (Å²) in [7, 11) is 0. The lowest BCUT2D eigenvalue weighted by Gasteiger charge is -2.39. The number of hydrogen-bond donors (Lipinski definition) is 2. The van der Waals surface area contributed by atoms with Crippen LogP contribution >= 0.6 is 0 Å². The largest absolute Gasteiger partial charge is 0.389 e. The standard InChI is InChI=1S/C30H32F2N4O/c1-29(2,37)18-36-28-13-27(32)26(12-22(28)14-34-36)24-7-6-20(10-25(24)21-4-3-5-23(31)11-21)15-35-9-8-30(19-35)16-33-17-30/h3-7,10-14,33,37H,8-9,15-19H2,1-2H3. The lowest BCUT2D eigenvalue weighted by Crippen LogP contribution is -2.54. The van der Waals surface area contributed by atoms with Crippen molar-refractivity contribution in [1.82, 2.24) is 20.0 Å². The number of rotatable bonds is 6. The Kier molecular flexibility index (Phi) is 5.90. The molecule has 37 heavy (non-hydrogen) atoms. The Balaban J connectivity index is 1.40. The lowest BCUT2D eigenvalue weighted by molar-refractivity contribution is 0.0591. The highest BCUT2D eigenvalue weighted by Gasteiger charge is 2.42. The number of nitrogens with zero attached hydrogens (tertiary/aromatic N) is 3. The SMILES string of the molecule is CC(C)(O)Cn1ncc2cc(-c3ccc(CN4CCC5(CNC5)C4)cc3-c3cccc(F)c3)c(F)cc21. The van der Waals surface area contributed by atoms with E-state index in [4.69, 9.17) is 0 Å². The molecule has 2 saturated heterocycles. The van der Waals surface area contributed by atoms with E-state index in [0.717, 1.165) is 54.8 Å². The Hall–Kier alpha value is -3.13. The third kappa shape index (κ3) is 4.79. The van der Waals surface area contributed by atoms with Gasteiger partial charge < -0.3 is 10.4 Å². The molecule has 2 fully saturated rings. The summed E-state index contributed by atoms with van der Waals surface area (Å²) in [5, 5.41) is 18.8. The van der Waals surface area contributed by atoms with Gasteiger partial charge in [-0.25, -0.2) is 8.78 Å². The van der Waals surface area contributed by atoms with Gasteiger partial charge in [-0.15, -0.1) is 0 Å². The van der Waals surface area contributed by atoms with Gasteiger partial charge in [0, 0.05) is 48.6 Å². The van der Waals surface area contributed by atoms with Crippen molar-refractivity contribution in [2.75, 3.05) is 26.2 Å². The van der Waals surface area contributed by atoms with E-state index in [1.54, 1.807) is 36.9 Å². The number of aromatic nitrogens is 2. The van der Waals surface area contributed by atoms with Gasteiger partial charge in [-0.3, -0.25) is 9.58 Å². The molecule has 0 aliphatic carbocycles. The highest BCUT2D eigenvalue weighted by atomic mass is 19.1. The molecular weight excluding hydrogens is 470 g/mol. The van der Waals surface area contributed by atoms with Gasteiger partial charge in [0.1, 0.15) is 11.6 Å². The predicted molar refractivity (Wildman–Crippen MR) is 142 cm³/mol. The first kappa shape index (κ1) is 24.2. The van der Waals surface area contributed by atoms with E-state index >= 15 is 4.39 Å². The van der Waals surface area contributed by atoms with Crippen LogP contribution in [0.5, 0.6) is 0 Å². The van der Waals surface area contributed by atoms with Crippen molar-refractivity contribution in [3.8, 4) is 22.3 Å². The topological polar surface area (TPSA) is 53.3 Å². The van der Waals surface area contributed by atoms with E-state index in [1.165, 1.54) is 24.6 Å². The molecule has 192 valence electrons. The molecule has 0 amide bonds. The summed E-state index contributed by atoms with van der Waals surface area (Å²) in [6.45, 7) is 8.79. The van der Waals surface area contributed by atoms with E-state index in [1.807, 2.05) is 12.1 Å². The molecular formula is C30H32F2N4O. The number of halogens is 2. The zero-order valence-corrected chi connectivity index (χ0v) is 21.3. The van der Waals surface area contributed by atoms with Crippen LogP contribution in [0.1, 0.15) is 25.8 Å². The van der Waals surface area contributed by atoms with E-state index < -0.39 is 5.60 Å². The van der Waals surface area contributed by atoms with Crippen LogP contribution in [0.15, 0.2) is 60.8 Å². The number of hydrogen-bond acceptors (Lipinski definition) is 4. The first-order chi connectivity index (χ1) is 17.7. The molecule has 2 aliphatic rings. The summed E-state index contributed by atoms with van der Waals surface area (Å²) in [6, 6.07) is 15.9. The average Bonchev–Trinajstić information content (AvgIpc) is 3.42. The highest BCUT2D eigenvalue weighted by molar-refractivity contribution is 5.90. The highest BCUT2D eigenvalue weighted by Crippen LogP contribution is 2.38. The van der Waals surface area contributed by atoms with Crippen LogP contribution in [0.25, 0.3) is 33.2 Å². The Morgan fingerprint density at radius 3 is 2.57 bits per heavy atom. The summed E-state index contributed by atoms with van der Waals surface area (Å²) >= 11 is 0. The van der Waals surface area contributed by atoms with Gasteiger partial charge in [0.2, 0.25) is 0 Å². The van der Waals surface area contributed by atoms with Crippen molar-refractivity contribution in [3.05, 3.63) is 78.0 Å². The molecule has 1 aromatic heterocycles. The van der Waals surface area contributed by atoms with Gasteiger partial charge in [0.05, 0.1) is 23.9 Å². The molecule has 2 aliphatic heterocycles. The van der Waals surface area contributed by atoms with Crippen LogP contribution in [0.2, 0.25) is 0 Å². The maximum Gasteiger partial charge on any atom is 0.133 e. The first-order valence-electron chi connectivity index (χ1n) is 12.9. The second-order valence-corrected chi connectivity index (χ2v) is 11.5. The van der Waals surface area contributed by atoms with Crippen LogP contribution in [0.4, 0.5) is 8.78 Å². The molecule has 6 rings (SSSR count). The zero-order chi connectivity index (χ0) is 25.8. The fourth-order valence-electron chi connectivity index (χ4n) is 5.81. The lowest BCUT2D eigenvalue weighted by atomic mass is 9.81. The molecule has 2 N–H and O–H groups in total. The van der Waals surface area contributed by atoms with Crippen molar-refractivity contribution in [1.29, 1.82) is 0 Å². The van der Waals surface area contributed by atoms with E-state index in [9.17, 15) is 9.50 Å². The molecule has 0 atom stereocenters. The summed E-state index contributed by atoms with van der Waals surface area (Å²) < 4.78 is 31.5. The molecule has 3 aromatic carbocycles. The third-order valence-corrected chi connectivity index (χ3v) is 7.70. The van der Waals surface area contributed by atoms with E-state index in [0.29, 0.717) is 22.1 Å². The minimum atomic E-state index is -0.974. The second-order valence-electron chi connectivity index (χ2n) is 11.5. The summed E-state index contributed by atoms with van der Waals surface area (Å²) in [5.74, 6) is -0.703. The van der Waals surface area contributed by atoms with Crippen molar-refractivity contribution >= 4 is 10.9 Å². The number of nitrogens with one attached hydrogen (secondary N) is 1. The van der Waals surface area contributed by atoms with Crippen molar-refractivity contribution < 1.29 is 13.9 Å². The Morgan fingerprint density at radius 2 is 1.86 bits per heavy atom. The zero-order valence-electron chi connectivity index (χ0n) is 21.3. The number of benzene rings is 3. The monoisotopic (exact) mass is 502 g/mol. The second kappa shape index (κ2) is 9.01. The van der Waals surface area contributed by atoms with Crippen molar-refractivity contribution in [2.45, 2.75) is 39.0 Å². The smallest absolute Gasteiger partial charge is 0.133 e. The molecule has 0 unspecified atom stereocenters. The Morgan fingerprint density at radius 1 is 1.03 bits per heavy atom. The summed E-state index contributed by atoms with van der Waals surface area (Å²) in [4.78, 5) is 2.48. The van der Waals surface area contributed by atoms with Crippen LogP contribution in [0.3, 0.4) is 0 Å². The Bertz CT molecular complexity index is 1470. The maximum atomic E-state index is 15.6. The van der Waals surface area contributed by atoms with Gasteiger partial charge >= 0.3 is 0 Å². The minimum absolute atomic E-state index is 0.256. The molecule has 3 heterocycles. The van der Waals surface area contributed by atoms with Gasteiger partial charge in [0.25, 0.3) is 0 Å². The average molecular weight is 503 g/mol. The first-order valence-corrected chi connectivity index (χ1v) is 12.9. The van der Waals surface area contributed by atoms with Crippen LogP contribution in [-0.4, -0.2) is 51.6 Å². The van der Waals surface area contributed by atoms with Crippen LogP contribution < -0.4 is 5.32 Å². The van der Waals surface area contributed by atoms with Crippen LogP contribution in [-0.2, 0) is 13.1 Å². The number of fused-ring (bicyclic) bond motifs is 1. The van der Waals surface area contributed by atoms with E-state index in [2.05, 4.69) is 27.4 Å². The molecule has 0 radical (unpaired) electrons. The maximum absolute atomic E-state index is 15.6. The van der Waals surface area contributed by atoms with E-state index in [-0.39, 0.29) is 18.2 Å². The predicted octanol–water partition coefficient (Wildman–Crippen LogP) is 5.21. The quantitative estimate of drug-likeness (QED) is 0.380. The fourth-order valence-corrected chi connectivity index (χ4v) is 5.81. The molecule has 1 spiro atoms. The normalized spacial score (nSPS) is 17.5. The third-order valence-electron chi connectivity index (χ3n) is 7.70. The number of likely N-dealkylation sites (tertiary alicyclic amines) is 1. The summed E-state index contributed by atoms with van der Waals surface area (Å²) in [6.07, 6.45) is 2.90. The fraction of sp³-hybridized carbons (Fsp3) is 0.367. The minimum Gasteiger partial charge on any atom is -0.389 e. The van der Waals surface area contributed by atoms with Gasteiger partial charge in [-0.2, -0.15) is 5.10 Å². The molecule has 0 saturated carbocycles. The van der Waals surface area contributed by atoms with Crippen LogP contribution in [0, 0.1) is 17.0 Å². The van der Waals surface area contributed by atoms with Gasteiger partial charge in [0.15, 0.2) is 0 Å². The Labute approximate surface area is 215 Å². The molecule has 0 bridgehead atoms. The van der Waals surface area contributed by atoms with Gasteiger partial charge in [-0.05, 0) is 73.3 Å². The van der Waals surface area contributed by atoms with Gasteiger partial charge in [-0.1, -0.05) is 24.3 Å². The molecule has 5 nitrogen and oxygen atoms in total. The summed E-state index contributed by atoms with van der Waals surface area (Å²) in [5.41, 5.74) is 3.88. The molecule has 4 aromatic rings. The molecule has 7 heteroatoms. The van der Waals surface area contributed by atoms with Crippen molar-refractivity contribution in [3.63, 3.8) is 0 Å². The number of aliphatic hydroxyl groups is 1.